The number of allylic oxidation sites excluding steroid dienone is 12. The predicted molar refractivity (Wildman–Crippen MR) is 179 cm³/mol. The molecule has 0 aliphatic heterocycles. The maximum absolute atomic E-state index is 14.6. The van der Waals surface area contributed by atoms with Gasteiger partial charge in [-0.2, -0.15) is 0 Å². The summed E-state index contributed by atoms with van der Waals surface area (Å²) in [6.07, 6.45) is 14.6. The molecule has 1 heterocycles. The van der Waals surface area contributed by atoms with Gasteiger partial charge in [0, 0.05) is 12.2 Å². The standard InChI is InChI=1S/C38H48O6/c1-23(2)11-10-12-27(9)16-20-38(19-15-26(7)8)33-30(21-29(40)35(38)43)44-36-32(34(33)42)28(39)22-31(41)37(36,17-13-24(3)4)18-14-25(5)6/h11,13-16,21-22,39-40H,10,12,17-20H2,1-9H3/b27-16+. The zero-order valence-electron chi connectivity index (χ0n) is 27.8. The molecule has 6 heteroatoms. The van der Waals surface area contributed by atoms with Crippen LogP contribution >= 0.6 is 0 Å². The van der Waals surface area contributed by atoms with Gasteiger partial charge in [0.15, 0.2) is 11.5 Å². The van der Waals surface area contributed by atoms with Crippen LogP contribution in [0.4, 0.5) is 0 Å². The van der Waals surface area contributed by atoms with Crippen LogP contribution in [0.3, 0.4) is 0 Å². The fourth-order valence-electron chi connectivity index (χ4n) is 5.79. The van der Waals surface area contributed by atoms with Crippen molar-refractivity contribution < 1.29 is 24.2 Å². The highest BCUT2D eigenvalue weighted by atomic mass is 16.3. The van der Waals surface area contributed by atoms with Crippen LogP contribution in [0.5, 0.6) is 0 Å². The van der Waals surface area contributed by atoms with Crippen LogP contribution in [0.15, 0.2) is 79.3 Å². The lowest BCUT2D eigenvalue weighted by molar-refractivity contribution is -0.124. The van der Waals surface area contributed by atoms with E-state index < -0.39 is 33.6 Å². The van der Waals surface area contributed by atoms with Gasteiger partial charge in [-0.1, -0.05) is 58.2 Å². The van der Waals surface area contributed by atoms with Crippen LogP contribution in [0.25, 0.3) is 11.8 Å². The first-order chi connectivity index (χ1) is 20.6. The second kappa shape index (κ2) is 13.8. The van der Waals surface area contributed by atoms with Crippen molar-refractivity contribution in [2.45, 2.75) is 112 Å². The van der Waals surface area contributed by atoms with Crippen molar-refractivity contribution in [3.05, 3.63) is 103 Å². The Morgan fingerprint density at radius 1 is 0.682 bits per heavy atom. The lowest BCUT2D eigenvalue weighted by Gasteiger charge is -2.37. The quantitative estimate of drug-likeness (QED) is 0.245. The average molecular weight is 601 g/mol. The molecule has 1 atom stereocenters. The molecule has 3 rings (SSSR count). The Balaban J connectivity index is 2.39. The fraction of sp³-hybridized carbons (Fsp3) is 0.447. The van der Waals surface area contributed by atoms with Crippen LogP contribution in [-0.2, 0) is 20.4 Å². The molecule has 1 aromatic heterocycles. The summed E-state index contributed by atoms with van der Waals surface area (Å²) in [5.74, 6) is -1.80. The van der Waals surface area contributed by atoms with Gasteiger partial charge < -0.3 is 14.6 Å². The van der Waals surface area contributed by atoms with Crippen molar-refractivity contribution in [2.75, 3.05) is 0 Å². The maximum Gasteiger partial charge on any atom is 0.208 e. The Morgan fingerprint density at radius 3 is 1.70 bits per heavy atom. The van der Waals surface area contributed by atoms with Crippen molar-refractivity contribution in [3.8, 4) is 0 Å². The predicted octanol–water partition coefficient (Wildman–Crippen LogP) is 9.23. The molecule has 0 saturated heterocycles. The highest BCUT2D eigenvalue weighted by Crippen LogP contribution is 2.47. The number of ketones is 2. The fourth-order valence-corrected chi connectivity index (χ4v) is 5.79. The van der Waals surface area contributed by atoms with E-state index in [2.05, 4.69) is 6.08 Å². The van der Waals surface area contributed by atoms with Gasteiger partial charge in [-0.05, 0) is 101 Å². The summed E-state index contributed by atoms with van der Waals surface area (Å²) >= 11 is 0. The number of carbonyl (C=O) groups is 2. The number of hydrogen-bond donors (Lipinski definition) is 2. The van der Waals surface area contributed by atoms with Crippen LogP contribution in [0.1, 0.15) is 123 Å². The average Bonchev–Trinajstić information content (AvgIpc) is 2.92. The molecule has 6 nitrogen and oxygen atoms in total. The zero-order chi connectivity index (χ0) is 33.0. The van der Waals surface area contributed by atoms with Gasteiger partial charge in [0.05, 0.1) is 16.4 Å². The van der Waals surface area contributed by atoms with E-state index in [-0.39, 0.29) is 54.1 Å². The van der Waals surface area contributed by atoms with Gasteiger partial charge >= 0.3 is 0 Å². The number of Topliss-reactive ketones (excluding diaryl/α,β-unsaturated/α-hetero) is 1. The normalized spacial score (nSPS) is 18.8. The third-order valence-electron chi connectivity index (χ3n) is 8.45. The second-order valence-electron chi connectivity index (χ2n) is 13.3. The Morgan fingerprint density at radius 2 is 1.18 bits per heavy atom. The summed E-state index contributed by atoms with van der Waals surface area (Å²) in [4.78, 5) is 42.3. The Bertz CT molecular complexity index is 1580. The van der Waals surface area contributed by atoms with E-state index in [4.69, 9.17) is 4.42 Å². The van der Waals surface area contributed by atoms with Gasteiger partial charge in [-0.3, -0.25) is 14.4 Å². The minimum Gasteiger partial charge on any atom is -0.507 e. The maximum atomic E-state index is 14.6. The second-order valence-corrected chi connectivity index (χ2v) is 13.3. The summed E-state index contributed by atoms with van der Waals surface area (Å²) in [6, 6.07) is 0. The zero-order valence-corrected chi connectivity index (χ0v) is 27.8. The molecule has 0 bridgehead atoms. The number of fused-ring (bicyclic) bond motifs is 2. The lowest BCUT2D eigenvalue weighted by atomic mass is 9.65. The van der Waals surface area contributed by atoms with Gasteiger partial charge in [0.25, 0.3) is 0 Å². The molecular weight excluding hydrogens is 552 g/mol. The number of hydrogen-bond acceptors (Lipinski definition) is 6. The smallest absolute Gasteiger partial charge is 0.208 e. The van der Waals surface area contributed by atoms with Crippen LogP contribution in [-0.4, -0.2) is 21.8 Å². The molecule has 1 unspecified atom stereocenters. The molecule has 2 N–H and O–H groups in total. The largest absolute Gasteiger partial charge is 0.507 e. The summed E-state index contributed by atoms with van der Waals surface area (Å²) in [7, 11) is 0. The SMILES string of the molecule is CC(C)=CCC/C(C)=C/CC1(CC=C(C)C)C(=O)C(O)=Cc2oc3c(c(=O)c21)C(O)=CC(=O)C3(CC=C(C)C)CC=C(C)C. The van der Waals surface area contributed by atoms with E-state index in [9.17, 15) is 24.6 Å². The van der Waals surface area contributed by atoms with Gasteiger partial charge in [-0.25, -0.2) is 0 Å². The van der Waals surface area contributed by atoms with Crippen LogP contribution in [0, 0.1) is 0 Å². The molecule has 0 radical (unpaired) electrons. The number of rotatable bonds is 11. The van der Waals surface area contributed by atoms with Crippen molar-refractivity contribution in [3.63, 3.8) is 0 Å². The van der Waals surface area contributed by atoms with Gasteiger partial charge in [-0.15, -0.1) is 0 Å². The van der Waals surface area contributed by atoms with E-state index in [0.29, 0.717) is 0 Å². The highest BCUT2D eigenvalue weighted by molar-refractivity contribution is 6.09. The molecule has 44 heavy (non-hydrogen) atoms. The molecule has 0 fully saturated rings. The highest BCUT2D eigenvalue weighted by Gasteiger charge is 2.52. The molecule has 0 aromatic carbocycles. The monoisotopic (exact) mass is 600 g/mol. The van der Waals surface area contributed by atoms with E-state index >= 15 is 0 Å². The van der Waals surface area contributed by atoms with Crippen LogP contribution < -0.4 is 5.43 Å². The van der Waals surface area contributed by atoms with Crippen LogP contribution in [0.2, 0.25) is 0 Å². The molecule has 2 aliphatic carbocycles. The van der Waals surface area contributed by atoms with Crippen molar-refractivity contribution >= 4 is 23.4 Å². The number of aliphatic hydroxyl groups is 2. The van der Waals surface area contributed by atoms with Gasteiger partial charge in [0.2, 0.25) is 11.2 Å². The van der Waals surface area contributed by atoms with E-state index in [1.54, 1.807) is 0 Å². The topological polar surface area (TPSA) is 105 Å². The van der Waals surface area contributed by atoms with E-state index in [0.717, 1.165) is 41.2 Å². The summed E-state index contributed by atoms with van der Waals surface area (Å²) in [6.45, 7) is 17.6. The minimum absolute atomic E-state index is 0.0462. The van der Waals surface area contributed by atoms with Crippen molar-refractivity contribution in [2.24, 2.45) is 0 Å². The number of aliphatic hydroxyl groups excluding tert-OH is 2. The first-order valence-electron chi connectivity index (χ1n) is 15.4. The molecule has 2 aliphatic rings. The molecule has 236 valence electrons. The summed E-state index contributed by atoms with van der Waals surface area (Å²) in [5, 5.41) is 22.2. The van der Waals surface area contributed by atoms with Gasteiger partial charge in [0.1, 0.15) is 22.8 Å². The van der Waals surface area contributed by atoms with Crippen molar-refractivity contribution in [1.82, 2.24) is 0 Å². The van der Waals surface area contributed by atoms with E-state index in [1.807, 2.05) is 86.6 Å². The lowest BCUT2D eigenvalue weighted by Crippen LogP contribution is -2.46. The molecule has 1 aromatic rings. The van der Waals surface area contributed by atoms with Crippen molar-refractivity contribution in [1.29, 1.82) is 0 Å². The molecular formula is C38H48O6. The first kappa shape index (κ1) is 34.6. The first-order valence-corrected chi connectivity index (χ1v) is 15.4. The third kappa shape index (κ3) is 7.06. The Labute approximate surface area is 262 Å². The summed E-state index contributed by atoms with van der Waals surface area (Å²) < 4.78 is 6.49. The molecule has 0 spiro atoms. The number of carbonyl (C=O) groups excluding carboxylic acids is 2. The molecule has 0 saturated carbocycles. The molecule has 0 amide bonds. The third-order valence-corrected chi connectivity index (χ3v) is 8.45. The Kier molecular flexibility index (Phi) is 10.8. The minimum atomic E-state index is -1.46. The Hall–Kier alpha value is -3.93. The summed E-state index contributed by atoms with van der Waals surface area (Å²) in [5.41, 5.74) is 1.92. The van der Waals surface area contributed by atoms with E-state index in [1.165, 1.54) is 11.6 Å².